The van der Waals surface area contributed by atoms with Crippen molar-refractivity contribution < 1.29 is 0 Å². The Labute approximate surface area is 189 Å². The summed E-state index contributed by atoms with van der Waals surface area (Å²) in [4.78, 5) is 12.5. The second kappa shape index (κ2) is 9.56. The molecular weight excluding hydrogens is 396 g/mol. The van der Waals surface area contributed by atoms with Gasteiger partial charge >= 0.3 is 0 Å². The van der Waals surface area contributed by atoms with Crippen molar-refractivity contribution in [1.82, 2.24) is 30.0 Å². The van der Waals surface area contributed by atoms with Crippen LogP contribution in [0.5, 0.6) is 0 Å². The Bertz CT molecular complexity index is 1210. The largest absolute Gasteiger partial charge is 0.358 e. The van der Waals surface area contributed by atoms with Crippen LogP contribution < -0.4 is 5.32 Å². The van der Waals surface area contributed by atoms with E-state index in [1.807, 2.05) is 68.3 Å². The summed E-state index contributed by atoms with van der Waals surface area (Å²) in [5.41, 5.74) is 9.76. The number of rotatable bonds is 8. The van der Waals surface area contributed by atoms with E-state index < -0.39 is 0 Å². The predicted molar refractivity (Wildman–Crippen MR) is 128 cm³/mol. The topological polar surface area (TPSA) is 68.5 Å². The van der Waals surface area contributed by atoms with Crippen LogP contribution in [0, 0.1) is 13.8 Å². The molecule has 6 nitrogen and oxygen atoms in total. The average Bonchev–Trinajstić information content (AvgIpc) is 3.57. The summed E-state index contributed by atoms with van der Waals surface area (Å²) in [6.45, 7) is 10.9. The molecule has 1 N–H and O–H groups in total. The molecule has 0 spiro atoms. The van der Waals surface area contributed by atoms with Gasteiger partial charge in [0.2, 0.25) is 0 Å². The number of hydrogen-bond donors (Lipinski definition) is 1. The lowest BCUT2D eigenvalue weighted by molar-refractivity contribution is 0.643. The predicted octanol–water partition coefficient (Wildman–Crippen LogP) is 5.16. The lowest BCUT2D eigenvalue weighted by Crippen LogP contribution is -2.16. The molecule has 6 heteroatoms. The summed E-state index contributed by atoms with van der Waals surface area (Å²) in [5.74, 6) is 0. The zero-order chi connectivity index (χ0) is 22.5. The first-order valence-corrected chi connectivity index (χ1v) is 10.8. The second-order valence-corrected chi connectivity index (χ2v) is 7.95. The summed E-state index contributed by atoms with van der Waals surface area (Å²) in [6, 6.07) is 4.12. The van der Waals surface area contributed by atoms with Crippen LogP contribution in [0.4, 0.5) is 0 Å². The summed E-state index contributed by atoms with van der Waals surface area (Å²) in [5, 5.41) is 8.26. The molecule has 0 atom stereocenters. The summed E-state index contributed by atoms with van der Waals surface area (Å²) in [6.07, 6.45) is 17.4. The van der Waals surface area contributed by atoms with E-state index in [9.17, 15) is 0 Å². The van der Waals surface area contributed by atoms with Crippen molar-refractivity contribution in [1.29, 1.82) is 0 Å². The minimum absolute atomic E-state index is 0.691. The van der Waals surface area contributed by atoms with Crippen LogP contribution in [-0.2, 0) is 6.54 Å². The third-order valence-corrected chi connectivity index (χ3v) is 5.38. The van der Waals surface area contributed by atoms with Crippen LogP contribution >= 0.6 is 0 Å². The second-order valence-electron chi connectivity index (χ2n) is 7.95. The summed E-state index contributed by atoms with van der Waals surface area (Å²) >= 11 is 0. The van der Waals surface area contributed by atoms with Gasteiger partial charge in [-0.2, -0.15) is 5.10 Å². The Hall–Kier alpha value is -3.80. The molecule has 1 fully saturated rings. The smallest absolute Gasteiger partial charge is 0.115 e. The first-order chi connectivity index (χ1) is 15.5. The van der Waals surface area contributed by atoms with Gasteiger partial charge in [0.05, 0.1) is 12.2 Å². The highest BCUT2D eigenvalue weighted by Crippen LogP contribution is 2.32. The van der Waals surface area contributed by atoms with E-state index >= 15 is 0 Å². The maximum atomic E-state index is 4.75. The molecule has 4 rings (SSSR count). The molecular formula is C26H28N6. The first kappa shape index (κ1) is 21.4. The summed E-state index contributed by atoms with van der Waals surface area (Å²) in [7, 11) is 0. The molecule has 1 aliphatic carbocycles. The van der Waals surface area contributed by atoms with Crippen LogP contribution in [0.3, 0.4) is 0 Å². The number of nitrogens with zero attached hydrogens (tertiary/aromatic N) is 5. The van der Waals surface area contributed by atoms with Crippen LogP contribution in [0.25, 0.3) is 16.7 Å². The number of hydrogen-bond acceptors (Lipinski definition) is 5. The molecule has 3 aromatic rings. The molecule has 1 aliphatic rings. The monoisotopic (exact) mass is 424 g/mol. The molecule has 3 heterocycles. The maximum Gasteiger partial charge on any atom is 0.115 e. The van der Waals surface area contributed by atoms with Crippen LogP contribution in [0.2, 0.25) is 0 Å². The van der Waals surface area contributed by atoms with Crippen molar-refractivity contribution in [3.8, 4) is 11.1 Å². The van der Waals surface area contributed by atoms with E-state index in [1.165, 1.54) is 17.6 Å². The molecule has 0 aliphatic heterocycles. The van der Waals surface area contributed by atoms with Gasteiger partial charge in [0.15, 0.2) is 0 Å². The van der Waals surface area contributed by atoms with Gasteiger partial charge in [-0.1, -0.05) is 18.7 Å². The molecule has 3 aromatic heterocycles. The van der Waals surface area contributed by atoms with Gasteiger partial charge < -0.3 is 5.32 Å². The Morgan fingerprint density at radius 2 is 1.97 bits per heavy atom. The summed E-state index contributed by atoms with van der Waals surface area (Å²) < 4.78 is 2.00. The van der Waals surface area contributed by atoms with Gasteiger partial charge in [-0.15, -0.1) is 0 Å². The normalized spacial score (nSPS) is 13.5. The third kappa shape index (κ3) is 5.27. The van der Waals surface area contributed by atoms with E-state index in [4.69, 9.17) is 5.10 Å². The lowest BCUT2D eigenvalue weighted by Gasteiger charge is -2.12. The van der Waals surface area contributed by atoms with Crippen molar-refractivity contribution in [2.45, 2.75) is 40.2 Å². The quantitative estimate of drug-likeness (QED) is 0.506. The van der Waals surface area contributed by atoms with Crippen LogP contribution in [0.15, 0.2) is 85.0 Å². The number of pyridine rings is 1. The van der Waals surface area contributed by atoms with Gasteiger partial charge in [0.1, 0.15) is 6.33 Å². The molecule has 0 bridgehead atoms. The van der Waals surface area contributed by atoms with Crippen LogP contribution in [0.1, 0.15) is 36.7 Å². The molecule has 162 valence electrons. The van der Waals surface area contributed by atoms with Gasteiger partial charge in [-0.05, 0) is 68.5 Å². The highest BCUT2D eigenvalue weighted by Gasteiger charge is 2.19. The zero-order valence-electron chi connectivity index (χ0n) is 18.8. The number of aryl methyl sites for hydroxylation is 2. The SMILES string of the molecule is C=C(/C=C\C(=C/C)c1cncnc1)NC(Cn1cc(-c2ccnc(C)c2)c(C)n1)=C1CC1. The number of allylic oxidation sites excluding steroid dienone is 6. The van der Waals surface area contributed by atoms with E-state index in [-0.39, 0.29) is 0 Å². The Morgan fingerprint density at radius 1 is 1.19 bits per heavy atom. The molecule has 0 radical (unpaired) electrons. The Kier molecular flexibility index (Phi) is 6.40. The van der Waals surface area contributed by atoms with E-state index in [0.29, 0.717) is 6.54 Å². The fourth-order valence-corrected chi connectivity index (χ4v) is 3.59. The van der Waals surface area contributed by atoms with Crippen molar-refractivity contribution in [3.05, 3.63) is 102 Å². The average molecular weight is 425 g/mol. The lowest BCUT2D eigenvalue weighted by atomic mass is 10.1. The third-order valence-electron chi connectivity index (χ3n) is 5.38. The highest BCUT2D eigenvalue weighted by molar-refractivity contribution is 5.73. The van der Waals surface area contributed by atoms with Crippen molar-refractivity contribution >= 4 is 5.57 Å². The van der Waals surface area contributed by atoms with E-state index in [0.717, 1.165) is 52.2 Å². The molecule has 0 amide bonds. The van der Waals surface area contributed by atoms with E-state index in [1.54, 1.807) is 0 Å². The van der Waals surface area contributed by atoms with E-state index in [2.05, 4.69) is 39.1 Å². The molecule has 0 unspecified atom stereocenters. The fourth-order valence-electron chi connectivity index (χ4n) is 3.59. The fraction of sp³-hybridized carbons (Fsp3) is 0.231. The Balaban J connectivity index is 1.46. The van der Waals surface area contributed by atoms with Gasteiger partial charge in [0.25, 0.3) is 0 Å². The van der Waals surface area contributed by atoms with Gasteiger partial charge in [-0.3, -0.25) is 9.67 Å². The number of nitrogens with one attached hydrogen (secondary N) is 1. The zero-order valence-corrected chi connectivity index (χ0v) is 18.8. The number of aromatic nitrogens is 5. The maximum absolute atomic E-state index is 4.75. The minimum Gasteiger partial charge on any atom is -0.358 e. The molecule has 0 aromatic carbocycles. The Morgan fingerprint density at radius 3 is 2.66 bits per heavy atom. The van der Waals surface area contributed by atoms with Crippen molar-refractivity contribution in [2.75, 3.05) is 0 Å². The van der Waals surface area contributed by atoms with Crippen LogP contribution in [-0.4, -0.2) is 24.7 Å². The first-order valence-electron chi connectivity index (χ1n) is 10.8. The molecule has 1 saturated carbocycles. The minimum atomic E-state index is 0.691. The highest BCUT2D eigenvalue weighted by atomic mass is 15.3. The van der Waals surface area contributed by atoms with Gasteiger partial charge in [0, 0.05) is 53.0 Å². The molecule has 32 heavy (non-hydrogen) atoms. The molecule has 0 saturated heterocycles. The standard InChI is InChI=1S/C26H28N6/c1-5-21(24-13-27-17-28-14-24)7-6-18(2)30-26(22-8-9-22)16-32-15-25(20(4)31-32)23-10-11-29-19(3)12-23/h5-7,10-15,17,30H,2,8-9,16H2,1,3-4H3/b7-6-,21-5+. The van der Waals surface area contributed by atoms with Crippen molar-refractivity contribution in [2.24, 2.45) is 0 Å². The van der Waals surface area contributed by atoms with Gasteiger partial charge in [-0.25, -0.2) is 9.97 Å². The van der Waals surface area contributed by atoms with Crippen molar-refractivity contribution in [3.63, 3.8) is 0 Å².